The van der Waals surface area contributed by atoms with Crippen LogP contribution in [0.5, 0.6) is 0 Å². The van der Waals surface area contributed by atoms with E-state index >= 15 is 0 Å². The van der Waals surface area contributed by atoms with Crippen molar-refractivity contribution in [1.29, 1.82) is 0 Å². The molecule has 0 saturated heterocycles. The van der Waals surface area contributed by atoms with E-state index in [1.165, 1.54) is 0 Å². The smallest absolute Gasteiger partial charge is 0.139 e. The minimum Gasteiger partial charge on any atom is -0.383 e. The van der Waals surface area contributed by atoms with E-state index in [1.807, 2.05) is 29.7 Å². The molecule has 3 rings (SSSR count). The monoisotopic (exact) mass is 230 g/mol. The Morgan fingerprint density at radius 1 is 1.38 bits per heavy atom. The van der Waals surface area contributed by atoms with E-state index in [-0.39, 0.29) is 0 Å². The SMILES string of the molecule is Cc1ccc2nc(-c3cncs3)c(N)n2c1. The summed E-state index contributed by atoms with van der Waals surface area (Å²) in [6.45, 7) is 2.03. The van der Waals surface area contributed by atoms with E-state index in [2.05, 4.69) is 9.97 Å². The van der Waals surface area contributed by atoms with Crippen LogP contribution in [0, 0.1) is 6.92 Å². The first-order valence-corrected chi connectivity index (χ1v) is 5.77. The number of hydrogen-bond acceptors (Lipinski definition) is 4. The summed E-state index contributed by atoms with van der Waals surface area (Å²) in [7, 11) is 0. The van der Waals surface area contributed by atoms with Crippen LogP contribution in [0.15, 0.2) is 30.0 Å². The Kier molecular flexibility index (Phi) is 1.94. The number of nitrogens with two attached hydrogens (primary N) is 1. The number of hydrogen-bond donors (Lipinski definition) is 1. The van der Waals surface area contributed by atoms with Crippen molar-refractivity contribution in [1.82, 2.24) is 14.4 Å². The van der Waals surface area contributed by atoms with Crippen molar-refractivity contribution >= 4 is 22.8 Å². The summed E-state index contributed by atoms with van der Waals surface area (Å²) in [4.78, 5) is 9.54. The summed E-state index contributed by atoms with van der Waals surface area (Å²) in [5, 5.41) is 0. The van der Waals surface area contributed by atoms with Gasteiger partial charge in [0.25, 0.3) is 0 Å². The molecule has 0 radical (unpaired) electrons. The van der Waals surface area contributed by atoms with Gasteiger partial charge in [-0.25, -0.2) is 4.98 Å². The first-order valence-electron chi connectivity index (χ1n) is 4.89. The number of aryl methyl sites for hydroxylation is 1. The topological polar surface area (TPSA) is 56.2 Å². The maximum atomic E-state index is 6.08. The normalized spacial score (nSPS) is 11.1. The second-order valence-electron chi connectivity index (χ2n) is 3.65. The molecule has 80 valence electrons. The molecule has 3 aromatic rings. The van der Waals surface area contributed by atoms with Crippen LogP contribution in [-0.4, -0.2) is 14.4 Å². The van der Waals surface area contributed by atoms with E-state index < -0.39 is 0 Å². The number of nitrogen functional groups attached to an aromatic ring is 1. The number of anilines is 1. The van der Waals surface area contributed by atoms with Crippen molar-refractivity contribution in [3.63, 3.8) is 0 Å². The highest BCUT2D eigenvalue weighted by atomic mass is 32.1. The Hall–Kier alpha value is -1.88. The summed E-state index contributed by atoms with van der Waals surface area (Å²) in [5.41, 5.74) is 10.7. The lowest BCUT2D eigenvalue weighted by Gasteiger charge is -1.97. The lowest BCUT2D eigenvalue weighted by atomic mass is 10.3. The van der Waals surface area contributed by atoms with E-state index in [1.54, 1.807) is 23.0 Å². The molecule has 0 aromatic carbocycles. The lowest BCUT2D eigenvalue weighted by Crippen LogP contribution is -1.93. The van der Waals surface area contributed by atoms with Gasteiger partial charge in [0.1, 0.15) is 17.2 Å². The van der Waals surface area contributed by atoms with E-state index in [4.69, 9.17) is 5.73 Å². The standard InChI is InChI=1S/C11H10N4S/c1-7-2-3-9-14-10(8-4-13-6-16-8)11(12)15(9)5-7/h2-6H,12H2,1H3. The third kappa shape index (κ3) is 1.29. The first-order chi connectivity index (χ1) is 7.75. The summed E-state index contributed by atoms with van der Waals surface area (Å²) in [6.07, 6.45) is 3.78. The molecular weight excluding hydrogens is 220 g/mol. The van der Waals surface area contributed by atoms with Crippen LogP contribution < -0.4 is 5.73 Å². The van der Waals surface area contributed by atoms with Gasteiger partial charge in [-0.15, -0.1) is 11.3 Å². The molecule has 0 amide bonds. The van der Waals surface area contributed by atoms with Crippen LogP contribution in [0.4, 0.5) is 5.82 Å². The lowest BCUT2D eigenvalue weighted by molar-refractivity contribution is 1.16. The predicted octanol–water partition coefficient (Wildman–Crippen LogP) is 2.35. The zero-order valence-electron chi connectivity index (χ0n) is 8.71. The number of imidazole rings is 1. The maximum absolute atomic E-state index is 6.08. The van der Waals surface area contributed by atoms with Gasteiger partial charge < -0.3 is 5.73 Å². The largest absolute Gasteiger partial charge is 0.383 e. The van der Waals surface area contributed by atoms with Crippen LogP contribution in [0.2, 0.25) is 0 Å². The highest BCUT2D eigenvalue weighted by molar-refractivity contribution is 7.13. The van der Waals surface area contributed by atoms with Crippen LogP contribution in [-0.2, 0) is 0 Å². The van der Waals surface area contributed by atoms with Gasteiger partial charge in [0, 0.05) is 12.4 Å². The van der Waals surface area contributed by atoms with Crippen molar-refractivity contribution in [3.05, 3.63) is 35.6 Å². The molecule has 0 atom stereocenters. The molecule has 3 heterocycles. The van der Waals surface area contributed by atoms with Crippen molar-refractivity contribution in [3.8, 4) is 10.6 Å². The average Bonchev–Trinajstić information content (AvgIpc) is 2.87. The molecule has 0 aliphatic carbocycles. The fourth-order valence-electron chi connectivity index (χ4n) is 1.68. The van der Waals surface area contributed by atoms with Gasteiger partial charge in [0.05, 0.1) is 10.4 Å². The number of fused-ring (bicyclic) bond motifs is 1. The zero-order valence-corrected chi connectivity index (χ0v) is 9.53. The number of thiazole rings is 1. The molecule has 0 aliphatic rings. The number of nitrogens with zero attached hydrogens (tertiary/aromatic N) is 3. The van der Waals surface area contributed by atoms with Crippen LogP contribution >= 0.6 is 11.3 Å². The van der Waals surface area contributed by atoms with Crippen LogP contribution in [0.3, 0.4) is 0 Å². The third-order valence-electron chi connectivity index (χ3n) is 2.47. The highest BCUT2D eigenvalue weighted by Crippen LogP contribution is 2.28. The molecular formula is C11H10N4S. The van der Waals surface area contributed by atoms with Crippen molar-refractivity contribution in [2.45, 2.75) is 6.92 Å². The molecule has 0 unspecified atom stereocenters. The Bertz CT molecular complexity index is 639. The fraction of sp³-hybridized carbons (Fsp3) is 0.0909. The van der Waals surface area contributed by atoms with E-state index in [0.717, 1.165) is 21.8 Å². The average molecular weight is 230 g/mol. The molecule has 0 aliphatic heterocycles. The van der Waals surface area contributed by atoms with Crippen LogP contribution in [0.25, 0.3) is 16.2 Å². The highest BCUT2D eigenvalue weighted by Gasteiger charge is 2.12. The summed E-state index contributed by atoms with van der Waals surface area (Å²) in [6, 6.07) is 3.99. The van der Waals surface area contributed by atoms with Gasteiger partial charge in [-0.2, -0.15) is 0 Å². The first kappa shape index (κ1) is 9.35. The maximum Gasteiger partial charge on any atom is 0.139 e. The van der Waals surface area contributed by atoms with Crippen molar-refractivity contribution < 1.29 is 0 Å². The molecule has 0 bridgehead atoms. The van der Waals surface area contributed by atoms with Gasteiger partial charge in [-0.05, 0) is 18.6 Å². The third-order valence-corrected chi connectivity index (χ3v) is 3.25. The summed E-state index contributed by atoms with van der Waals surface area (Å²) < 4.78 is 1.91. The van der Waals surface area contributed by atoms with Gasteiger partial charge in [0.15, 0.2) is 0 Å². The quantitative estimate of drug-likeness (QED) is 0.698. The minimum absolute atomic E-state index is 0.669. The zero-order chi connectivity index (χ0) is 11.1. The molecule has 0 saturated carbocycles. The van der Waals surface area contributed by atoms with E-state index in [9.17, 15) is 0 Å². The Morgan fingerprint density at radius 2 is 2.25 bits per heavy atom. The van der Waals surface area contributed by atoms with Crippen molar-refractivity contribution in [2.75, 3.05) is 5.73 Å². The Labute approximate surface area is 96.4 Å². The number of aromatic nitrogens is 3. The molecule has 5 heteroatoms. The fourth-order valence-corrected chi connectivity index (χ4v) is 2.30. The summed E-state index contributed by atoms with van der Waals surface area (Å²) in [5.74, 6) is 0.669. The second-order valence-corrected chi connectivity index (χ2v) is 4.53. The summed E-state index contributed by atoms with van der Waals surface area (Å²) >= 11 is 1.54. The van der Waals surface area contributed by atoms with Crippen molar-refractivity contribution in [2.24, 2.45) is 0 Å². The number of rotatable bonds is 1. The molecule has 3 aromatic heterocycles. The predicted molar refractivity (Wildman–Crippen MR) is 65.4 cm³/mol. The van der Waals surface area contributed by atoms with Crippen LogP contribution in [0.1, 0.15) is 5.56 Å². The Balaban J connectivity index is 2.32. The van der Waals surface area contributed by atoms with E-state index in [0.29, 0.717) is 5.82 Å². The number of pyridine rings is 1. The van der Waals surface area contributed by atoms with Gasteiger partial charge >= 0.3 is 0 Å². The molecule has 4 nitrogen and oxygen atoms in total. The molecule has 0 spiro atoms. The van der Waals surface area contributed by atoms with Gasteiger partial charge in [0.2, 0.25) is 0 Å². The molecule has 16 heavy (non-hydrogen) atoms. The van der Waals surface area contributed by atoms with Gasteiger partial charge in [-0.1, -0.05) is 6.07 Å². The molecule has 0 fully saturated rings. The second kappa shape index (κ2) is 3.31. The van der Waals surface area contributed by atoms with Gasteiger partial charge in [-0.3, -0.25) is 9.38 Å². The minimum atomic E-state index is 0.669. The molecule has 2 N–H and O–H groups in total. The Morgan fingerprint density at radius 3 is 3.00 bits per heavy atom.